The van der Waals surface area contributed by atoms with Crippen LogP contribution in [0.1, 0.15) is 24.0 Å². The molecule has 2 heterocycles. The number of benzene rings is 1. The van der Waals surface area contributed by atoms with Crippen molar-refractivity contribution in [2.24, 2.45) is 0 Å². The first-order valence-electron chi connectivity index (χ1n) is 10.9. The van der Waals surface area contributed by atoms with Crippen molar-refractivity contribution in [3.8, 4) is 17.4 Å². The van der Waals surface area contributed by atoms with Crippen molar-refractivity contribution in [3.63, 3.8) is 0 Å². The summed E-state index contributed by atoms with van der Waals surface area (Å²) in [5, 5.41) is -0.372. The lowest BCUT2D eigenvalue weighted by Crippen LogP contribution is -2.34. The Labute approximate surface area is 207 Å². The van der Waals surface area contributed by atoms with E-state index in [4.69, 9.17) is 25.8 Å². The predicted octanol–water partition coefficient (Wildman–Crippen LogP) is 4.09. The molecule has 0 unspecified atom stereocenters. The van der Waals surface area contributed by atoms with Crippen LogP contribution in [-0.4, -0.2) is 64.8 Å². The number of hydrogen-bond donors (Lipinski definition) is 1. The molecular weight excluding hydrogens is 511 g/mol. The summed E-state index contributed by atoms with van der Waals surface area (Å²) in [5.41, 5.74) is -0.771. The number of methoxy groups -OCH3 is 1. The number of rotatable bonds is 12. The van der Waals surface area contributed by atoms with E-state index >= 15 is 0 Å². The van der Waals surface area contributed by atoms with Crippen LogP contribution in [0.4, 0.5) is 13.2 Å². The number of halogens is 4. The Kier molecular flexibility index (Phi) is 9.59. The molecule has 1 saturated heterocycles. The number of aromatic nitrogens is 1. The van der Waals surface area contributed by atoms with Crippen molar-refractivity contribution >= 4 is 21.6 Å². The van der Waals surface area contributed by atoms with Crippen LogP contribution in [0.25, 0.3) is 0 Å². The number of nitrogens with zero attached hydrogens (tertiary/aromatic N) is 2. The van der Waals surface area contributed by atoms with E-state index in [0.717, 1.165) is 25.9 Å². The number of sulfonamides is 1. The van der Waals surface area contributed by atoms with Crippen LogP contribution in [0.3, 0.4) is 0 Å². The van der Waals surface area contributed by atoms with E-state index in [1.807, 2.05) is 0 Å². The maximum Gasteiger partial charge on any atom is 0.417 e. The van der Waals surface area contributed by atoms with Crippen LogP contribution in [0.5, 0.6) is 17.4 Å². The SMILES string of the molecule is COCCOc1ccc(CS(=O)(=O)NCCN2CCCC2)c(Oc2ncc(C(F)(F)F)cc2Cl)c1. The second-order valence-corrected chi connectivity index (χ2v) is 10.1. The van der Waals surface area contributed by atoms with E-state index < -0.39 is 27.5 Å². The summed E-state index contributed by atoms with van der Waals surface area (Å²) in [6.07, 6.45) is -1.82. The maximum atomic E-state index is 12.9. The van der Waals surface area contributed by atoms with Gasteiger partial charge in [-0.2, -0.15) is 13.2 Å². The topological polar surface area (TPSA) is 90.0 Å². The summed E-state index contributed by atoms with van der Waals surface area (Å²) < 4.78 is 82.9. The summed E-state index contributed by atoms with van der Waals surface area (Å²) in [5.74, 6) is -0.324. The van der Waals surface area contributed by atoms with Gasteiger partial charge in [0.25, 0.3) is 0 Å². The Bertz CT molecular complexity index is 1100. The van der Waals surface area contributed by atoms with E-state index in [9.17, 15) is 21.6 Å². The van der Waals surface area contributed by atoms with Gasteiger partial charge in [0.2, 0.25) is 15.9 Å². The molecule has 0 saturated carbocycles. The van der Waals surface area contributed by atoms with E-state index in [0.29, 0.717) is 31.2 Å². The third kappa shape index (κ3) is 8.50. The Morgan fingerprint density at radius 1 is 1.17 bits per heavy atom. The highest BCUT2D eigenvalue weighted by Crippen LogP contribution is 2.36. The molecule has 0 atom stereocenters. The van der Waals surface area contributed by atoms with Gasteiger partial charge in [-0.1, -0.05) is 17.7 Å². The molecule has 3 rings (SSSR count). The van der Waals surface area contributed by atoms with Gasteiger partial charge in [-0.25, -0.2) is 18.1 Å². The van der Waals surface area contributed by atoms with Crippen molar-refractivity contribution in [1.29, 1.82) is 0 Å². The standard InChI is InChI=1S/C22H27ClF3N3O5S/c1-32-10-11-33-18-5-4-16(15-35(30,31)28-6-9-29-7-2-3-8-29)20(13-18)34-21-19(23)12-17(14-27-21)22(24,25)26/h4-5,12-14,28H,2-3,6-11,15H2,1H3. The molecule has 194 valence electrons. The number of nitrogens with one attached hydrogen (secondary N) is 1. The van der Waals surface area contributed by atoms with E-state index in [1.54, 1.807) is 6.07 Å². The van der Waals surface area contributed by atoms with Gasteiger partial charge in [-0.15, -0.1) is 0 Å². The second kappa shape index (κ2) is 12.2. The molecule has 0 spiro atoms. The minimum Gasteiger partial charge on any atom is -0.491 e. The molecule has 0 aliphatic carbocycles. The highest BCUT2D eigenvalue weighted by Gasteiger charge is 2.32. The molecule has 1 aromatic carbocycles. The van der Waals surface area contributed by atoms with Crippen molar-refractivity contribution in [2.45, 2.75) is 24.8 Å². The van der Waals surface area contributed by atoms with E-state index in [-0.39, 0.29) is 35.4 Å². The van der Waals surface area contributed by atoms with Gasteiger partial charge >= 0.3 is 6.18 Å². The van der Waals surface area contributed by atoms with Crippen LogP contribution in [0, 0.1) is 0 Å². The van der Waals surface area contributed by atoms with Crippen LogP contribution >= 0.6 is 11.6 Å². The van der Waals surface area contributed by atoms with E-state index in [2.05, 4.69) is 14.6 Å². The van der Waals surface area contributed by atoms with Crippen molar-refractivity contribution < 1.29 is 35.8 Å². The summed E-state index contributed by atoms with van der Waals surface area (Å²) in [6, 6.07) is 5.20. The Hall–Kier alpha value is -2.12. The third-order valence-electron chi connectivity index (χ3n) is 5.23. The summed E-state index contributed by atoms with van der Waals surface area (Å²) >= 11 is 5.97. The zero-order valence-electron chi connectivity index (χ0n) is 19.1. The van der Waals surface area contributed by atoms with Gasteiger partial charge in [0.15, 0.2) is 0 Å². The number of ether oxygens (including phenoxy) is 3. The number of likely N-dealkylation sites (tertiary alicyclic amines) is 1. The lowest BCUT2D eigenvalue weighted by atomic mass is 10.2. The number of alkyl halides is 3. The highest BCUT2D eigenvalue weighted by atomic mass is 35.5. The molecule has 13 heteroatoms. The fourth-order valence-electron chi connectivity index (χ4n) is 3.46. The third-order valence-corrected chi connectivity index (χ3v) is 6.84. The van der Waals surface area contributed by atoms with Crippen LogP contribution in [0.15, 0.2) is 30.5 Å². The second-order valence-electron chi connectivity index (χ2n) is 7.92. The van der Waals surface area contributed by atoms with Gasteiger partial charge in [0.1, 0.15) is 23.1 Å². The lowest BCUT2D eigenvalue weighted by Gasteiger charge is -2.17. The summed E-state index contributed by atoms with van der Waals surface area (Å²) in [7, 11) is -2.22. The zero-order valence-corrected chi connectivity index (χ0v) is 20.7. The summed E-state index contributed by atoms with van der Waals surface area (Å²) in [4.78, 5) is 5.85. The molecular formula is C22H27ClF3N3O5S. The quantitative estimate of drug-likeness (QED) is 0.408. The maximum absolute atomic E-state index is 12.9. The molecule has 1 N–H and O–H groups in total. The van der Waals surface area contributed by atoms with Crippen LogP contribution in [0.2, 0.25) is 5.02 Å². The molecule has 8 nitrogen and oxygen atoms in total. The van der Waals surface area contributed by atoms with Crippen LogP contribution < -0.4 is 14.2 Å². The monoisotopic (exact) mass is 537 g/mol. The minimum absolute atomic E-state index is 0.0407. The van der Waals surface area contributed by atoms with Crippen molar-refractivity contribution in [3.05, 3.63) is 46.6 Å². The molecule has 1 aliphatic rings. The fourth-order valence-corrected chi connectivity index (χ4v) is 4.82. The molecule has 35 heavy (non-hydrogen) atoms. The molecule has 1 fully saturated rings. The van der Waals surface area contributed by atoms with Gasteiger partial charge in [0, 0.05) is 38.0 Å². The minimum atomic E-state index is -4.62. The lowest BCUT2D eigenvalue weighted by molar-refractivity contribution is -0.137. The molecule has 1 aromatic heterocycles. The van der Waals surface area contributed by atoms with Crippen molar-refractivity contribution in [1.82, 2.24) is 14.6 Å². The van der Waals surface area contributed by atoms with Gasteiger partial charge in [0.05, 0.1) is 17.9 Å². The first-order valence-corrected chi connectivity index (χ1v) is 13.0. The first kappa shape index (κ1) is 27.5. The van der Waals surface area contributed by atoms with Gasteiger partial charge in [-0.05, 0) is 38.1 Å². The molecule has 1 aliphatic heterocycles. The summed E-state index contributed by atoms with van der Waals surface area (Å²) in [6.45, 7) is 3.32. The Morgan fingerprint density at radius 2 is 1.91 bits per heavy atom. The Balaban J connectivity index is 1.78. The number of pyridine rings is 1. The van der Waals surface area contributed by atoms with E-state index in [1.165, 1.54) is 19.2 Å². The molecule has 2 aromatic rings. The smallest absolute Gasteiger partial charge is 0.417 e. The predicted molar refractivity (Wildman–Crippen MR) is 124 cm³/mol. The largest absolute Gasteiger partial charge is 0.491 e. The average molecular weight is 538 g/mol. The molecule has 0 bridgehead atoms. The normalized spacial score (nSPS) is 14.9. The average Bonchev–Trinajstić information content (AvgIpc) is 3.29. The van der Waals surface area contributed by atoms with Crippen molar-refractivity contribution in [2.75, 3.05) is 46.5 Å². The molecule has 0 amide bonds. The highest BCUT2D eigenvalue weighted by molar-refractivity contribution is 7.88. The molecule has 0 radical (unpaired) electrons. The van der Waals surface area contributed by atoms with Gasteiger partial charge in [-0.3, -0.25) is 0 Å². The van der Waals surface area contributed by atoms with Gasteiger partial charge < -0.3 is 19.1 Å². The first-order chi connectivity index (χ1) is 16.6. The van der Waals surface area contributed by atoms with Crippen LogP contribution in [-0.2, 0) is 26.7 Å². The number of hydrogen-bond acceptors (Lipinski definition) is 7. The Morgan fingerprint density at radius 3 is 2.57 bits per heavy atom. The zero-order chi connectivity index (χ0) is 25.5. The fraction of sp³-hybridized carbons (Fsp3) is 0.500.